The highest BCUT2D eigenvalue weighted by molar-refractivity contribution is 7.16. The van der Waals surface area contributed by atoms with Crippen LogP contribution in [-0.4, -0.2) is 25.0 Å². The number of hydrogen-bond acceptors (Lipinski definition) is 5. The van der Waals surface area contributed by atoms with Crippen molar-refractivity contribution in [3.63, 3.8) is 0 Å². The van der Waals surface area contributed by atoms with Gasteiger partial charge in [-0.05, 0) is 48.9 Å². The molecular formula is C20H15Cl2F4NO3S. The van der Waals surface area contributed by atoms with Crippen molar-refractivity contribution in [3.05, 3.63) is 54.4 Å². The van der Waals surface area contributed by atoms with Crippen LogP contribution in [0.5, 0.6) is 0 Å². The summed E-state index contributed by atoms with van der Waals surface area (Å²) < 4.78 is 61.3. The summed E-state index contributed by atoms with van der Waals surface area (Å²) in [6, 6.07) is 1.69. The van der Waals surface area contributed by atoms with E-state index in [-0.39, 0.29) is 5.71 Å². The molecule has 0 bridgehead atoms. The molecule has 11 heteroatoms. The number of alkyl halides is 3. The summed E-state index contributed by atoms with van der Waals surface area (Å²) in [4.78, 5) is 18.1. The summed E-state index contributed by atoms with van der Waals surface area (Å²) in [6.45, 7) is 0. The highest BCUT2D eigenvalue weighted by Crippen LogP contribution is 2.51. The average molecular weight is 496 g/mol. The minimum Gasteiger partial charge on any atom is -0.465 e. The fourth-order valence-corrected chi connectivity index (χ4v) is 5.72. The maximum atomic E-state index is 14.2. The number of thiophene rings is 1. The lowest BCUT2D eigenvalue weighted by molar-refractivity contribution is -0.275. The second kappa shape index (κ2) is 7.94. The van der Waals surface area contributed by atoms with Crippen LogP contribution < -0.4 is 0 Å². The second-order valence-corrected chi connectivity index (χ2v) is 9.14. The lowest BCUT2D eigenvalue weighted by Gasteiger charge is -2.29. The maximum absolute atomic E-state index is 14.2. The summed E-state index contributed by atoms with van der Waals surface area (Å²) in [7, 11) is 1.25. The summed E-state index contributed by atoms with van der Waals surface area (Å²) in [5.41, 5.74) is -1.67. The Balaban J connectivity index is 1.79. The van der Waals surface area contributed by atoms with Gasteiger partial charge in [0.1, 0.15) is 10.6 Å². The zero-order valence-corrected chi connectivity index (χ0v) is 18.4. The molecule has 1 aliphatic carbocycles. The van der Waals surface area contributed by atoms with E-state index in [0.717, 1.165) is 47.4 Å². The molecule has 4 rings (SSSR count). The molecule has 0 fully saturated rings. The van der Waals surface area contributed by atoms with Gasteiger partial charge < -0.3 is 9.57 Å². The minimum absolute atomic E-state index is 0.0622. The van der Waals surface area contributed by atoms with E-state index >= 15 is 0 Å². The van der Waals surface area contributed by atoms with Crippen LogP contribution in [0.3, 0.4) is 0 Å². The molecule has 0 amide bonds. The molecule has 0 saturated carbocycles. The molecule has 0 saturated heterocycles. The normalized spacial score (nSPS) is 20.8. The first kappa shape index (κ1) is 22.4. The summed E-state index contributed by atoms with van der Waals surface area (Å²) in [5, 5.41) is 2.66. The van der Waals surface area contributed by atoms with Gasteiger partial charge in [-0.25, -0.2) is 9.18 Å². The molecule has 31 heavy (non-hydrogen) atoms. The standard InChI is InChI=1S/C20H15Cl2F4NO3S/c1-29-18(28)17-11-5-3-2-4-10(11)16(31-17)14-8-19(30-27-14,20(24,25)26)9-6-12(21)15(23)13(22)7-9/h6-7H,2-5,8H2,1H3. The van der Waals surface area contributed by atoms with Gasteiger partial charge in [-0.1, -0.05) is 28.4 Å². The lowest BCUT2D eigenvalue weighted by Crippen LogP contribution is -2.42. The number of hydrogen-bond donors (Lipinski definition) is 0. The maximum Gasteiger partial charge on any atom is 0.435 e. The van der Waals surface area contributed by atoms with Crippen LogP contribution in [-0.2, 0) is 28.0 Å². The predicted octanol–water partition coefficient (Wildman–Crippen LogP) is 6.44. The van der Waals surface area contributed by atoms with E-state index in [1.54, 1.807) is 0 Å². The number of methoxy groups -OCH3 is 1. The minimum atomic E-state index is -4.90. The second-order valence-electron chi connectivity index (χ2n) is 7.30. The van der Waals surface area contributed by atoms with Crippen LogP contribution in [0.15, 0.2) is 17.3 Å². The number of ether oxygens (including phenoxy) is 1. The number of oxime groups is 1. The van der Waals surface area contributed by atoms with Crippen molar-refractivity contribution in [2.45, 2.75) is 43.9 Å². The molecule has 1 aromatic heterocycles. The Labute approximate surface area is 188 Å². The molecule has 2 aliphatic rings. The van der Waals surface area contributed by atoms with E-state index in [4.69, 9.17) is 32.8 Å². The van der Waals surface area contributed by atoms with E-state index in [1.807, 2.05) is 0 Å². The van der Waals surface area contributed by atoms with E-state index in [1.165, 1.54) is 7.11 Å². The quantitative estimate of drug-likeness (QED) is 0.279. The number of rotatable bonds is 3. The average Bonchev–Trinajstić information content (AvgIpc) is 3.34. The van der Waals surface area contributed by atoms with Gasteiger partial charge in [-0.2, -0.15) is 13.2 Å². The lowest BCUT2D eigenvalue weighted by atomic mass is 9.85. The first-order chi connectivity index (χ1) is 14.6. The van der Waals surface area contributed by atoms with Crippen LogP contribution in [0.25, 0.3) is 0 Å². The Bertz CT molecular complexity index is 1080. The van der Waals surface area contributed by atoms with Gasteiger partial charge in [0.2, 0.25) is 0 Å². The van der Waals surface area contributed by atoms with Crippen molar-refractivity contribution in [2.24, 2.45) is 5.16 Å². The summed E-state index contributed by atoms with van der Waals surface area (Å²) in [6.07, 6.45) is -2.59. The van der Waals surface area contributed by atoms with Crippen molar-refractivity contribution >= 4 is 46.2 Å². The molecular weight excluding hydrogens is 481 g/mol. The van der Waals surface area contributed by atoms with Gasteiger partial charge in [0.15, 0.2) is 5.82 Å². The number of fused-ring (bicyclic) bond motifs is 1. The smallest absolute Gasteiger partial charge is 0.435 e. The van der Waals surface area contributed by atoms with Crippen LogP contribution in [0.1, 0.15) is 50.5 Å². The van der Waals surface area contributed by atoms with E-state index in [2.05, 4.69) is 5.16 Å². The van der Waals surface area contributed by atoms with Gasteiger partial charge in [0.05, 0.1) is 28.5 Å². The van der Waals surface area contributed by atoms with Crippen LogP contribution in [0, 0.1) is 5.82 Å². The Morgan fingerprint density at radius 2 is 1.81 bits per heavy atom. The van der Waals surface area contributed by atoms with Crippen molar-refractivity contribution < 1.29 is 31.9 Å². The molecule has 2 aromatic rings. The Hall–Kier alpha value is -1.84. The molecule has 166 valence electrons. The Morgan fingerprint density at radius 3 is 2.39 bits per heavy atom. The van der Waals surface area contributed by atoms with Crippen LogP contribution >= 0.6 is 34.5 Å². The Morgan fingerprint density at radius 1 is 1.19 bits per heavy atom. The van der Waals surface area contributed by atoms with Crippen LogP contribution in [0.2, 0.25) is 10.0 Å². The fraction of sp³-hybridized carbons (Fsp3) is 0.400. The Kier molecular flexibility index (Phi) is 5.72. The third-order valence-electron chi connectivity index (χ3n) is 5.49. The van der Waals surface area contributed by atoms with Crippen molar-refractivity contribution in [2.75, 3.05) is 7.11 Å². The highest BCUT2D eigenvalue weighted by Gasteiger charge is 2.63. The van der Waals surface area contributed by atoms with E-state index < -0.39 is 45.6 Å². The molecule has 1 unspecified atom stereocenters. The van der Waals surface area contributed by atoms with Gasteiger partial charge in [-0.15, -0.1) is 11.3 Å². The molecule has 0 N–H and O–H groups in total. The first-order valence-electron chi connectivity index (χ1n) is 9.29. The third kappa shape index (κ3) is 3.60. The monoisotopic (exact) mass is 495 g/mol. The molecule has 4 nitrogen and oxygen atoms in total. The highest BCUT2D eigenvalue weighted by atomic mass is 35.5. The van der Waals surface area contributed by atoms with Crippen molar-refractivity contribution in [3.8, 4) is 0 Å². The number of halogens is 6. The summed E-state index contributed by atoms with van der Waals surface area (Å²) in [5.74, 6) is -1.55. The predicted molar refractivity (Wildman–Crippen MR) is 109 cm³/mol. The number of esters is 1. The first-order valence-corrected chi connectivity index (χ1v) is 10.9. The molecule has 0 spiro atoms. The van der Waals surface area contributed by atoms with Gasteiger partial charge in [0, 0.05) is 5.56 Å². The van der Waals surface area contributed by atoms with Crippen molar-refractivity contribution in [1.82, 2.24) is 0 Å². The number of carbonyl (C=O) groups excluding carboxylic acids is 1. The van der Waals surface area contributed by atoms with E-state index in [9.17, 15) is 22.4 Å². The molecule has 1 atom stereocenters. The third-order valence-corrected chi connectivity index (χ3v) is 7.34. The topological polar surface area (TPSA) is 47.9 Å². The zero-order valence-electron chi connectivity index (χ0n) is 16.0. The SMILES string of the molecule is COC(=O)c1sc(C2=NOC(c3cc(Cl)c(F)c(Cl)c3)(C(F)(F)F)C2)c2c1CCCC2. The largest absolute Gasteiger partial charge is 0.465 e. The fourth-order valence-electron chi connectivity index (χ4n) is 3.94. The number of carbonyl (C=O) groups is 1. The molecule has 1 aliphatic heterocycles. The van der Waals surface area contributed by atoms with E-state index in [0.29, 0.717) is 22.6 Å². The van der Waals surface area contributed by atoms with Gasteiger partial charge in [-0.3, -0.25) is 0 Å². The zero-order chi connectivity index (χ0) is 22.6. The molecule has 0 radical (unpaired) electrons. The van der Waals surface area contributed by atoms with Gasteiger partial charge >= 0.3 is 12.1 Å². The van der Waals surface area contributed by atoms with Crippen molar-refractivity contribution in [1.29, 1.82) is 0 Å². The molecule has 1 aromatic carbocycles. The van der Waals surface area contributed by atoms with Crippen LogP contribution in [0.4, 0.5) is 17.6 Å². The molecule has 2 heterocycles. The number of benzene rings is 1. The van der Waals surface area contributed by atoms with Gasteiger partial charge in [0.25, 0.3) is 5.60 Å². The summed E-state index contributed by atoms with van der Waals surface area (Å²) >= 11 is 12.5. The number of nitrogens with zero attached hydrogens (tertiary/aromatic N) is 1.